The molecule has 2 rings (SSSR count). The van der Waals surface area contributed by atoms with E-state index in [9.17, 15) is 4.79 Å². The summed E-state index contributed by atoms with van der Waals surface area (Å²) in [5, 5.41) is 13.8. The van der Waals surface area contributed by atoms with Crippen molar-refractivity contribution in [2.75, 3.05) is 11.6 Å². The Morgan fingerprint density at radius 2 is 2.29 bits per heavy atom. The molecule has 0 unspecified atom stereocenters. The average Bonchev–Trinajstić information content (AvgIpc) is 2.93. The molecule has 0 aliphatic carbocycles. The molecule has 0 atom stereocenters. The molecule has 2 aromatic rings. The topological polar surface area (TPSA) is 71.8 Å². The lowest BCUT2D eigenvalue weighted by atomic mass is 10.3. The van der Waals surface area contributed by atoms with E-state index in [1.807, 2.05) is 29.9 Å². The van der Waals surface area contributed by atoms with Crippen LogP contribution >= 0.6 is 23.4 Å². The van der Waals surface area contributed by atoms with Crippen LogP contribution in [0.15, 0.2) is 29.4 Å². The van der Waals surface area contributed by atoms with E-state index in [1.54, 1.807) is 24.2 Å². The number of anilines is 1. The van der Waals surface area contributed by atoms with E-state index in [0.717, 1.165) is 11.4 Å². The van der Waals surface area contributed by atoms with Gasteiger partial charge in [-0.25, -0.2) is 4.79 Å². The van der Waals surface area contributed by atoms with Gasteiger partial charge in [0, 0.05) is 17.1 Å². The van der Waals surface area contributed by atoms with Crippen LogP contribution < -0.4 is 10.6 Å². The molecule has 0 radical (unpaired) electrons. The monoisotopic (exact) mass is 325 g/mol. The first-order valence-electron chi connectivity index (χ1n) is 6.39. The van der Waals surface area contributed by atoms with Crippen molar-refractivity contribution in [3.05, 3.63) is 35.4 Å². The summed E-state index contributed by atoms with van der Waals surface area (Å²) in [6.07, 6.45) is 3.58. The highest BCUT2D eigenvalue weighted by atomic mass is 35.5. The Hall–Kier alpha value is -1.73. The van der Waals surface area contributed by atoms with Crippen LogP contribution in [-0.4, -0.2) is 27.1 Å². The number of nitrogens with one attached hydrogen (secondary N) is 2. The van der Waals surface area contributed by atoms with Gasteiger partial charge < -0.3 is 15.2 Å². The maximum Gasteiger partial charge on any atom is 0.319 e. The van der Waals surface area contributed by atoms with Gasteiger partial charge in [0.25, 0.3) is 0 Å². The Kier molecular flexibility index (Phi) is 5.46. The van der Waals surface area contributed by atoms with Crippen molar-refractivity contribution in [1.82, 2.24) is 20.1 Å². The van der Waals surface area contributed by atoms with E-state index in [2.05, 4.69) is 20.8 Å². The molecular formula is C13H16ClN5OS. The number of halogens is 1. The number of hydrogen-bond acceptors (Lipinski definition) is 4. The number of carbonyl (C=O) groups is 1. The van der Waals surface area contributed by atoms with Gasteiger partial charge in [-0.15, -0.1) is 22.0 Å². The first-order valence-corrected chi connectivity index (χ1v) is 7.99. The van der Waals surface area contributed by atoms with Gasteiger partial charge in [-0.05, 0) is 31.4 Å². The second kappa shape index (κ2) is 7.33. The zero-order valence-electron chi connectivity index (χ0n) is 11.8. The van der Waals surface area contributed by atoms with Crippen molar-refractivity contribution >= 4 is 35.1 Å². The number of urea groups is 1. The number of amides is 2. The fraction of sp³-hybridized carbons (Fsp3) is 0.308. The zero-order chi connectivity index (χ0) is 15.2. The van der Waals surface area contributed by atoms with Crippen LogP contribution in [0.1, 0.15) is 12.7 Å². The Balaban J connectivity index is 1.91. The van der Waals surface area contributed by atoms with E-state index >= 15 is 0 Å². The first-order chi connectivity index (χ1) is 10.1. The third kappa shape index (κ3) is 4.12. The summed E-state index contributed by atoms with van der Waals surface area (Å²) in [5.74, 6) is 0.711. The van der Waals surface area contributed by atoms with Crippen molar-refractivity contribution in [3.8, 4) is 0 Å². The van der Waals surface area contributed by atoms with E-state index in [0.29, 0.717) is 23.1 Å². The fourth-order valence-corrected chi connectivity index (χ4v) is 2.63. The van der Waals surface area contributed by atoms with Crippen LogP contribution in [-0.2, 0) is 13.1 Å². The lowest BCUT2D eigenvalue weighted by Crippen LogP contribution is -2.29. The lowest BCUT2D eigenvalue weighted by molar-refractivity contribution is 0.251. The maximum atomic E-state index is 11.8. The molecule has 2 amide bonds. The van der Waals surface area contributed by atoms with Gasteiger partial charge >= 0.3 is 6.03 Å². The molecule has 0 aliphatic heterocycles. The summed E-state index contributed by atoms with van der Waals surface area (Å²) < 4.78 is 1.87. The molecular weight excluding hydrogens is 310 g/mol. The van der Waals surface area contributed by atoms with Gasteiger partial charge in [0.15, 0.2) is 5.82 Å². The number of thioether (sulfide) groups is 1. The Morgan fingerprint density at radius 3 is 2.95 bits per heavy atom. The van der Waals surface area contributed by atoms with Gasteiger partial charge in [0.1, 0.15) is 6.33 Å². The molecule has 8 heteroatoms. The third-order valence-corrected chi connectivity index (χ3v) is 4.07. The minimum absolute atomic E-state index is 0.311. The van der Waals surface area contributed by atoms with Crippen LogP contribution in [0, 0.1) is 0 Å². The predicted molar refractivity (Wildman–Crippen MR) is 84.8 cm³/mol. The standard InChI is InChI=1S/C13H16ClN5OS/c1-3-19-8-16-18-12(19)7-15-13(20)17-9-4-5-11(21-2)10(14)6-9/h4-6,8H,3,7H2,1-2H3,(H2,15,17,20). The summed E-state index contributed by atoms with van der Waals surface area (Å²) in [5.41, 5.74) is 0.646. The highest BCUT2D eigenvalue weighted by Gasteiger charge is 2.07. The van der Waals surface area contributed by atoms with E-state index in [1.165, 1.54) is 0 Å². The number of aromatic nitrogens is 3. The normalized spacial score (nSPS) is 10.4. The number of carbonyl (C=O) groups excluding carboxylic acids is 1. The van der Waals surface area contributed by atoms with Gasteiger partial charge in [0.2, 0.25) is 0 Å². The summed E-state index contributed by atoms with van der Waals surface area (Å²) in [6, 6.07) is 5.09. The SMILES string of the molecule is CCn1cnnc1CNC(=O)Nc1ccc(SC)c(Cl)c1. The van der Waals surface area contributed by atoms with Gasteiger partial charge in [-0.3, -0.25) is 0 Å². The molecule has 0 saturated heterocycles. The second-order valence-electron chi connectivity index (χ2n) is 4.19. The third-order valence-electron chi connectivity index (χ3n) is 2.85. The molecule has 0 spiro atoms. The minimum Gasteiger partial charge on any atom is -0.331 e. The number of benzene rings is 1. The first kappa shape index (κ1) is 15.7. The van der Waals surface area contributed by atoms with Gasteiger partial charge in [-0.2, -0.15) is 0 Å². The molecule has 1 aromatic heterocycles. The zero-order valence-corrected chi connectivity index (χ0v) is 13.3. The van der Waals surface area contributed by atoms with Gasteiger partial charge in [0.05, 0.1) is 11.6 Å². The molecule has 112 valence electrons. The van der Waals surface area contributed by atoms with E-state index in [4.69, 9.17) is 11.6 Å². The molecule has 0 bridgehead atoms. The van der Waals surface area contributed by atoms with Crippen LogP contribution in [0.3, 0.4) is 0 Å². The highest BCUT2D eigenvalue weighted by molar-refractivity contribution is 7.98. The summed E-state index contributed by atoms with van der Waals surface area (Å²) >= 11 is 7.65. The lowest BCUT2D eigenvalue weighted by Gasteiger charge is -2.09. The molecule has 21 heavy (non-hydrogen) atoms. The number of hydrogen-bond donors (Lipinski definition) is 2. The number of nitrogens with zero attached hydrogens (tertiary/aromatic N) is 3. The largest absolute Gasteiger partial charge is 0.331 e. The summed E-state index contributed by atoms with van der Waals surface area (Å²) in [7, 11) is 0. The highest BCUT2D eigenvalue weighted by Crippen LogP contribution is 2.27. The number of rotatable bonds is 5. The molecule has 1 heterocycles. The quantitative estimate of drug-likeness (QED) is 0.829. The van der Waals surface area contributed by atoms with Crippen molar-refractivity contribution in [1.29, 1.82) is 0 Å². The Morgan fingerprint density at radius 1 is 1.48 bits per heavy atom. The summed E-state index contributed by atoms with van der Waals surface area (Å²) in [6.45, 7) is 3.07. The van der Waals surface area contributed by atoms with Crippen LogP contribution in [0.2, 0.25) is 5.02 Å². The Labute approximate surface area is 132 Å². The molecule has 0 saturated carbocycles. The average molecular weight is 326 g/mol. The van der Waals surface area contributed by atoms with Crippen molar-refractivity contribution in [2.45, 2.75) is 24.9 Å². The number of aryl methyl sites for hydroxylation is 1. The van der Waals surface area contributed by atoms with Crippen molar-refractivity contribution < 1.29 is 4.79 Å². The van der Waals surface area contributed by atoms with Crippen molar-refractivity contribution in [2.24, 2.45) is 0 Å². The molecule has 0 aliphatic rings. The van der Waals surface area contributed by atoms with Crippen LogP contribution in [0.25, 0.3) is 0 Å². The summed E-state index contributed by atoms with van der Waals surface area (Å²) in [4.78, 5) is 12.8. The van der Waals surface area contributed by atoms with Crippen LogP contribution in [0.4, 0.5) is 10.5 Å². The molecule has 2 N–H and O–H groups in total. The maximum absolute atomic E-state index is 11.8. The fourth-order valence-electron chi connectivity index (χ4n) is 1.76. The van der Waals surface area contributed by atoms with E-state index in [-0.39, 0.29) is 6.03 Å². The second-order valence-corrected chi connectivity index (χ2v) is 5.45. The van der Waals surface area contributed by atoms with E-state index < -0.39 is 0 Å². The van der Waals surface area contributed by atoms with Crippen molar-refractivity contribution in [3.63, 3.8) is 0 Å². The minimum atomic E-state index is -0.311. The van der Waals surface area contributed by atoms with Gasteiger partial charge in [-0.1, -0.05) is 11.6 Å². The van der Waals surface area contributed by atoms with Crippen LogP contribution in [0.5, 0.6) is 0 Å². The molecule has 0 fully saturated rings. The molecule has 6 nitrogen and oxygen atoms in total. The smallest absolute Gasteiger partial charge is 0.319 e. The molecule has 1 aromatic carbocycles. The predicted octanol–water partition coefficient (Wildman–Crippen LogP) is 3.00. The Bertz CT molecular complexity index is 631.